The number of sulfonamides is 1. The summed E-state index contributed by atoms with van der Waals surface area (Å²) in [5.74, 6) is 0.282. The highest BCUT2D eigenvalue weighted by Gasteiger charge is 2.20. The number of hydrogen-bond donors (Lipinski definition) is 1. The molecule has 0 bridgehead atoms. The van der Waals surface area contributed by atoms with Crippen molar-refractivity contribution < 1.29 is 13.2 Å². The lowest BCUT2D eigenvalue weighted by atomic mass is 10.2. The summed E-state index contributed by atoms with van der Waals surface area (Å²) in [6.07, 6.45) is 1.43. The van der Waals surface area contributed by atoms with E-state index in [2.05, 4.69) is 20.2 Å². The third-order valence-corrected chi connectivity index (χ3v) is 4.72. The van der Waals surface area contributed by atoms with Gasteiger partial charge in [0, 0.05) is 0 Å². The van der Waals surface area contributed by atoms with Crippen LogP contribution >= 0.6 is 0 Å². The van der Waals surface area contributed by atoms with Crippen LogP contribution in [0.1, 0.15) is 5.56 Å². The molecule has 0 unspecified atom stereocenters. The van der Waals surface area contributed by atoms with Gasteiger partial charge in [-0.1, -0.05) is 12.1 Å². The van der Waals surface area contributed by atoms with Gasteiger partial charge in [-0.25, -0.2) is 13.1 Å². The lowest BCUT2D eigenvalue weighted by molar-refractivity contribution is 0.402. The first kappa shape index (κ1) is 15.9. The van der Waals surface area contributed by atoms with E-state index in [1.165, 1.54) is 18.1 Å². The molecule has 0 aliphatic rings. The van der Waals surface area contributed by atoms with Crippen molar-refractivity contribution in [3.05, 3.63) is 54.4 Å². The van der Waals surface area contributed by atoms with E-state index >= 15 is 0 Å². The van der Waals surface area contributed by atoms with E-state index in [9.17, 15) is 8.42 Å². The molecule has 0 spiro atoms. The Kier molecular flexibility index (Phi) is 4.17. The SMILES string of the molecule is COc1ccc(C)cc1S(=O)(=O)Nc1cccc(-n2cnnn2)c1. The Hall–Kier alpha value is -2.94. The quantitative estimate of drug-likeness (QED) is 0.757. The molecule has 0 fully saturated rings. The largest absolute Gasteiger partial charge is 0.495 e. The number of aromatic nitrogens is 4. The van der Waals surface area contributed by atoms with Gasteiger partial charge in [0.1, 0.15) is 17.0 Å². The molecule has 3 aromatic rings. The van der Waals surface area contributed by atoms with Gasteiger partial charge in [0.25, 0.3) is 10.0 Å². The fourth-order valence-corrected chi connectivity index (χ4v) is 3.50. The highest BCUT2D eigenvalue weighted by atomic mass is 32.2. The summed E-state index contributed by atoms with van der Waals surface area (Å²) in [7, 11) is -2.37. The van der Waals surface area contributed by atoms with Gasteiger partial charge in [0.2, 0.25) is 0 Å². The second kappa shape index (κ2) is 6.28. The second-order valence-electron chi connectivity index (χ2n) is 5.06. The summed E-state index contributed by atoms with van der Waals surface area (Å²) in [5, 5.41) is 10.9. The number of hydrogen-bond acceptors (Lipinski definition) is 6. The smallest absolute Gasteiger partial charge is 0.265 e. The topological polar surface area (TPSA) is 99.0 Å². The number of tetrazole rings is 1. The van der Waals surface area contributed by atoms with Crippen LogP contribution in [0.25, 0.3) is 5.69 Å². The number of aryl methyl sites for hydroxylation is 1. The maximum atomic E-state index is 12.7. The van der Waals surface area contributed by atoms with E-state index in [0.717, 1.165) is 5.56 Å². The molecule has 0 saturated heterocycles. The Balaban J connectivity index is 1.96. The summed E-state index contributed by atoms with van der Waals surface area (Å²) in [5.41, 5.74) is 1.85. The average molecular weight is 345 g/mol. The first-order valence-electron chi connectivity index (χ1n) is 7.00. The monoisotopic (exact) mass is 345 g/mol. The predicted octanol–water partition coefficient (Wildman–Crippen LogP) is 1.78. The normalized spacial score (nSPS) is 11.2. The van der Waals surface area contributed by atoms with Crippen LogP contribution in [0.4, 0.5) is 5.69 Å². The Morgan fingerprint density at radius 1 is 1.17 bits per heavy atom. The van der Waals surface area contributed by atoms with Gasteiger partial charge < -0.3 is 4.74 Å². The molecule has 3 rings (SSSR count). The molecule has 0 aliphatic carbocycles. The van der Waals surface area contributed by atoms with Crippen LogP contribution in [0.5, 0.6) is 5.75 Å². The molecule has 1 heterocycles. The molecule has 1 aromatic heterocycles. The van der Waals surface area contributed by atoms with Crippen molar-refractivity contribution in [3.63, 3.8) is 0 Å². The summed E-state index contributed by atoms with van der Waals surface area (Å²) in [4.78, 5) is 0.0813. The molecule has 8 nitrogen and oxygen atoms in total. The third kappa shape index (κ3) is 3.20. The molecule has 0 aliphatic heterocycles. The molecule has 124 valence electrons. The number of ether oxygens (including phenoxy) is 1. The average Bonchev–Trinajstić information content (AvgIpc) is 3.09. The maximum Gasteiger partial charge on any atom is 0.265 e. The lowest BCUT2D eigenvalue weighted by Crippen LogP contribution is -2.14. The van der Waals surface area contributed by atoms with E-state index in [0.29, 0.717) is 11.4 Å². The van der Waals surface area contributed by atoms with Crippen molar-refractivity contribution in [2.24, 2.45) is 0 Å². The van der Waals surface area contributed by atoms with E-state index < -0.39 is 10.0 Å². The second-order valence-corrected chi connectivity index (χ2v) is 6.72. The van der Waals surface area contributed by atoms with Crippen LogP contribution in [-0.4, -0.2) is 35.7 Å². The van der Waals surface area contributed by atoms with E-state index in [1.54, 1.807) is 42.5 Å². The lowest BCUT2D eigenvalue weighted by Gasteiger charge is -2.13. The molecule has 9 heteroatoms. The molecule has 2 aromatic carbocycles. The number of nitrogens with zero attached hydrogens (tertiary/aromatic N) is 4. The zero-order valence-electron chi connectivity index (χ0n) is 13.0. The standard InChI is InChI=1S/C15H15N5O3S/c1-11-6-7-14(23-2)15(8-11)24(21,22)17-12-4-3-5-13(9-12)20-10-16-18-19-20/h3-10,17H,1-2H3. The van der Waals surface area contributed by atoms with Crippen LogP contribution in [0.3, 0.4) is 0 Å². The minimum Gasteiger partial charge on any atom is -0.495 e. The number of rotatable bonds is 5. The molecule has 0 atom stereocenters. The van der Waals surface area contributed by atoms with Gasteiger partial charge in [-0.3, -0.25) is 4.72 Å². The third-order valence-electron chi connectivity index (χ3n) is 3.32. The maximum absolute atomic E-state index is 12.7. The minimum atomic E-state index is -3.80. The van der Waals surface area contributed by atoms with Crippen molar-refractivity contribution >= 4 is 15.7 Å². The first-order chi connectivity index (χ1) is 11.5. The van der Waals surface area contributed by atoms with Gasteiger partial charge >= 0.3 is 0 Å². The van der Waals surface area contributed by atoms with Gasteiger partial charge in [-0.2, -0.15) is 0 Å². The Morgan fingerprint density at radius 2 is 2.00 bits per heavy atom. The van der Waals surface area contributed by atoms with E-state index in [-0.39, 0.29) is 10.6 Å². The number of anilines is 1. The van der Waals surface area contributed by atoms with Crippen molar-refractivity contribution in [1.29, 1.82) is 0 Å². The molecular formula is C15H15N5O3S. The summed E-state index contributed by atoms with van der Waals surface area (Å²) >= 11 is 0. The summed E-state index contributed by atoms with van der Waals surface area (Å²) in [6, 6.07) is 11.7. The van der Waals surface area contributed by atoms with Gasteiger partial charge in [0.05, 0.1) is 18.5 Å². The molecule has 1 N–H and O–H groups in total. The van der Waals surface area contributed by atoms with Crippen LogP contribution in [0, 0.1) is 6.92 Å². The predicted molar refractivity (Wildman–Crippen MR) is 87.7 cm³/mol. The number of methoxy groups -OCH3 is 1. The molecular weight excluding hydrogens is 330 g/mol. The molecule has 24 heavy (non-hydrogen) atoms. The van der Waals surface area contributed by atoms with Crippen molar-refractivity contribution in [2.45, 2.75) is 11.8 Å². The first-order valence-corrected chi connectivity index (χ1v) is 8.49. The van der Waals surface area contributed by atoms with E-state index in [4.69, 9.17) is 4.74 Å². The van der Waals surface area contributed by atoms with Crippen LogP contribution in [0.2, 0.25) is 0 Å². The summed E-state index contributed by atoms with van der Waals surface area (Å²) in [6.45, 7) is 1.82. The number of benzene rings is 2. The van der Waals surface area contributed by atoms with Gasteiger partial charge in [-0.15, -0.1) is 5.10 Å². The van der Waals surface area contributed by atoms with Crippen LogP contribution < -0.4 is 9.46 Å². The molecule has 0 radical (unpaired) electrons. The zero-order chi connectivity index (χ0) is 17.2. The molecule has 0 saturated carbocycles. The van der Waals surface area contributed by atoms with Crippen molar-refractivity contribution in [1.82, 2.24) is 20.2 Å². The molecule has 0 amide bonds. The fourth-order valence-electron chi connectivity index (χ4n) is 2.20. The minimum absolute atomic E-state index is 0.0813. The van der Waals surface area contributed by atoms with Crippen LogP contribution in [-0.2, 0) is 10.0 Å². The van der Waals surface area contributed by atoms with Gasteiger partial charge in [-0.05, 0) is 53.2 Å². The highest BCUT2D eigenvalue weighted by molar-refractivity contribution is 7.92. The van der Waals surface area contributed by atoms with Gasteiger partial charge in [0.15, 0.2) is 0 Å². The van der Waals surface area contributed by atoms with Crippen LogP contribution in [0.15, 0.2) is 53.7 Å². The van der Waals surface area contributed by atoms with Crippen molar-refractivity contribution in [2.75, 3.05) is 11.8 Å². The highest BCUT2D eigenvalue weighted by Crippen LogP contribution is 2.27. The Labute approximate surface area is 139 Å². The fraction of sp³-hybridized carbons (Fsp3) is 0.133. The van der Waals surface area contributed by atoms with Crippen molar-refractivity contribution in [3.8, 4) is 11.4 Å². The number of nitrogens with one attached hydrogen (secondary N) is 1. The Morgan fingerprint density at radius 3 is 2.71 bits per heavy atom. The summed E-state index contributed by atoms with van der Waals surface area (Å²) < 4.78 is 34.5. The van der Waals surface area contributed by atoms with E-state index in [1.807, 2.05) is 6.92 Å². The Bertz CT molecular complexity index is 955. The zero-order valence-corrected chi connectivity index (χ0v) is 13.9.